The predicted octanol–water partition coefficient (Wildman–Crippen LogP) is 8.18. The van der Waals surface area contributed by atoms with Crippen molar-refractivity contribution in [3.63, 3.8) is 0 Å². The summed E-state index contributed by atoms with van der Waals surface area (Å²) >= 11 is 6.32. The number of rotatable bonds is 6. The quantitative estimate of drug-likeness (QED) is 0.378. The van der Waals surface area contributed by atoms with Gasteiger partial charge in [0.15, 0.2) is 0 Å². The molecule has 0 bridgehead atoms. The van der Waals surface area contributed by atoms with E-state index in [2.05, 4.69) is 36.4 Å². The second-order valence-electron chi connectivity index (χ2n) is 12.1. The van der Waals surface area contributed by atoms with Gasteiger partial charge in [0.1, 0.15) is 5.82 Å². The van der Waals surface area contributed by atoms with Crippen LogP contribution in [0.5, 0.6) is 0 Å². The molecule has 0 amide bonds. The summed E-state index contributed by atoms with van der Waals surface area (Å²) in [7, 11) is 0. The lowest BCUT2D eigenvalue weighted by molar-refractivity contribution is -0.137. The Bertz CT molecular complexity index is 1340. The van der Waals surface area contributed by atoms with Gasteiger partial charge in [0.25, 0.3) is 0 Å². The molecule has 1 saturated heterocycles. The maximum absolute atomic E-state index is 14.4. The van der Waals surface area contributed by atoms with Crippen LogP contribution >= 0.6 is 11.6 Å². The Morgan fingerprint density at radius 1 is 1.10 bits per heavy atom. The standard InChI is InChI=1S/C32H38ClF3N4/c1-5-39-22(4)40(25-15-20(2)16-25)30-27(32(34,35)36)17-23(18-29(30)39)7-6-12-38-13-10-31(11-14-38)21(3)37-28-9-8-24(33)19-26(28)31/h8-9,17-20,25,37H,3-7,10-16H2,1-2H3. The fourth-order valence-corrected chi connectivity index (χ4v) is 7.59. The molecule has 0 atom stereocenters. The van der Waals surface area contributed by atoms with Gasteiger partial charge in [-0.1, -0.05) is 31.7 Å². The number of piperidine rings is 1. The van der Waals surface area contributed by atoms with Gasteiger partial charge in [-0.15, -0.1) is 0 Å². The third-order valence-corrected chi connectivity index (χ3v) is 9.85. The summed E-state index contributed by atoms with van der Waals surface area (Å²) in [5.74, 6) is 1.20. The molecule has 2 fully saturated rings. The highest BCUT2D eigenvalue weighted by Gasteiger charge is 2.46. The number of anilines is 3. The maximum Gasteiger partial charge on any atom is 0.418 e. The van der Waals surface area contributed by atoms with Crippen LogP contribution in [0, 0.1) is 5.92 Å². The lowest BCUT2D eigenvalue weighted by Gasteiger charge is -2.42. The molecule has 1 N–H and O–H groups in total. The van der Waals surface area contributed by atoms with E-state index in [1.54, 1.807) is 0 Å². The van der Waals surface area contributed by atoms with E-state index in [1.807, 2.05) is 34.9 Å². The van der Waals surface area contributed by atoms with E-state index in [-0.39, 0.29) is 11.5 Å². The average molecular weight is 571 g/mol. The highest BCUT2D eigenvalue weighted by molar-refractivity contribution is 6.30. The largest absolute Gasteiger partial charge is 0.418 e. The normalized spacial score (nSPS) is 23.9. The Morgan fingerprint density at radius 2 is 1.82 bits per heavy atom. The second kappa shape index (κ2) is 10.0. The molecule has 4 aliphatic rings. The van der Waals surface area contributed by atoms with Crippen molar-refractivity contribution < 1.29 is 13.2 Å². The molecule has 8 heteroatoms. The van der Waals surface area contributed by atoms with Crippen molar-refractivity contribution in [2.75, 3.05) is 41.3 Å². The summed E-state index contributed by atoms with van der Waals surface area (Å²) < 4.78 is 43.3. The van der Waals surface area contributed by atoms with E-state index in [1.165, 1.54) is 11.6 Å². The minimum Gasteiger partial charge on any atom is -0.358 e. The molecule has 214 valence electrons. The lowest BCUT2D eigenvalue weighted by atomic mass is 9.72. The van der Waals surface area contributed by atoms with Crippen LogP contribution in [0.1, 0.15) is 62.6 Å². The summed E-state index contributed by atoms with van der Waals surface area (Å²) in [5.41, 5.74) is 4.42. The van der Waals surface area contributed by atoms with Gasteiger partial charge in [-0.2, -0.15) is 13.2 Å². The van der Waals surface area contributed by atoms with Gasteiger partial charge >= 0.3 is 6.18 Å². The fraction of sp³-hybridized carbons (Fsp3) is 0.500. The zero-order valence-electron chi connectivity index (χ0n) is 23.4. The number of alkyl halides is 3. The number of allylic oxidation sites excluding steroid dienone is 1. The fourth-order valence-electron chi connectivity index (χ4n) is 7.41. The minimum atomic E-state index is -4.42. The van der Waals surface area contributed by atoms with Crippen LogP contribution in [-0.2, 0) is 18.0 Å². The van der Waals surface area contributed by atoms with Crippen molar-refractivity contribution in [2.24, 2.45) is 5.92 Å². The SMILES string of the molecule is C=C1N(CC)c2cc(CCCN3CCC4(CC3)C(=C)Nc3ccc(Cl)cc34)cc(C(F)(F)F)c2N1C1CC(C)C1. The van der Waals surface area contributed by atoms with E-state index in [0.29, 0.717) is 36.1 Å². The van der Waals surface area contributed by atoms with Crippen LogP contribution in [0.25, 0.3) is 0 Å². The molecule has 4 nitrogen and oxygen atoms in total. The van der Waals surface area contributed by atoms with E-state index >= 15 is 0 Å². The van der Waals surface area contributed by atoms with Gasteiger partial charge in [0.05, 0.1) is 16.9 Å². The number of halogens is 4. The van der Waals surface area contributed by atoms with Gasteiger partial charge in [-0.05, 0) is 112 Å². The van der Waals surface area contributed by atoms with E-state index in [0.717, 1.165) is 73.7 Å². The molecule has 1 aliphatic carbocycles. The molecule has 2 aromatic rings. The molecule has 6 rings (SSSR count). The first-order valence-corrected chi connectivity index (χ1v) is 14.9. The lowest BCUT2D eigenvalue weighted by Crippen LogP contribution is -2.44. The Balaban J connectivity index is 1.16. The number of benzene rings is 2. The molecular weight excluding hydrogens is 533 g/mol. The molecular formula is C32H38ClF3N4. The smallest absolute Gasteiger partial charge is 0.358 e. The van der Waals surface area contributed by atoms with Crippen LogP contribution in [-0.4, -0.2) is 37.1 Å². The van der Waals surface area contributed by atoms with Gasteiger partial charge in [-0.3, -0.25) is 0 Å². The molecule has 1 spiro atoms. The number of hydrogen-bond donors (Lipinski definition) is 1. The summed E-state index contributed by atoms with van der Waals surface area (Å²) in [4.78, 5) is 6.25. The monoisotopic (exact) mass is 570 g/mol. The second-order valence-corrected chi connectivity index (χ2v) is 12.5. The third-order valence-electron chi connectivity index (χ3n) is 9.62. The Hall–Kier alpha value is -2.64. The number of nitrogens with zero attached hydrogens (tertiary/aromatic N) is 3. The highest BCUT2D eigenvalue weighted by atomic mass is 35.5. The third kappa shape index (κ3) is 4.50. The number of aryl methyl sites for hydroxylation is 1. The van der Waals surface area contributed by atoms with Crippen molar-refractivity contribution in [3.05, 3.63) is 76.7 Å². The van der Waals surface area contributed by atoms with E-state index in [4.69, 9.17) is 11.6 Å². The van der Waals surface area contributed by atoms with Crippen molar-refractivity contribution in [1.82, 2.24) is 4.90 Å². The molecule has 40 heavy (non-hydrogen) atoms. The number of fused-ring (bicyclic) bond motifs is 3. The maximum atomic E-state index is 14.4. The molecule has 1 saturated carbocycles. The highest BCUT2D eigenvalue weighted by Crippen LogP contribution is 2.53. The first kappa shape index (κ1) is 27.5. The zero-order valence-corrected chi connectivity index (χ0v) is 24.1. The van der Waals surface area contributed by atoms with E-state index in [9.17, 15) is 13.2 Å². The molecule has 3 aliphatic heterocycles. The topological polar surface area (TPSA) is 21.8 Å². The minimum absolute atomic E-state index is 0.0845. The molecule has 2 aromatic carbocycles. The van der Waals surface area contributed by atoms with Crippen LogP contribution in [0.4, 0.5) is 30.2 Å². The average Bonchev–Trinajstić information content (AvgIpc) is 3.31. The Kier molecular flexibility index (Phi) is 6.89. The van der Waals surface area contributed by atoms with Crippen molar-refractivity contribution in [3.8, 4) is 0 Å². The molecule has 3 heterocycles. The van der Waals surface area contributed by atoms with Crippen LogP contribution < -0.4 is 15.1 Å². The van der Waals surface area contributed by atoms with Gasteiger partial charge in [0.2, 0.25) is 0 Å². The van der Waals surface area contributed by atoms with Crippen molar-refractivity contribution >= 4 is 28.7 Å². The molecule has 0 aromatic heterocycles. The Morgan fingerprint density at radius 3 is 2.48 bits per heavy atom. The Labute approximate surface area is 240 Å². The first-order chi connectivity index (χ1) is 19.0. The zero-order chi connectivity index (χ0) is 28.4. The van der Waals surface area contributed by atoms with Crippen LogP contribution in [0.2, 0.25) is 5.02 Å². The number of nitrogens with one attached hydrogen (secondary N) is 1. The summed E-state index contributed by atoms with van der Waals surface area (Å²) in [6, 6.07) is 9.43. The summed E-state index contributed by atoms with van der Waals surface area (Å²) in [6.07, 6.45) is 0.688. The number of likely N-dealkylation sites (tertiary alicyclic amines) is 1. The van der Waals surface area contributed by atoms with Crippen LogP contribution in [0.15, 0.2) is 55.0 Å². The van der Waals surface area contributed by atoms with Crippen molar-refractivity contribution in [1.29, 1.82) is 0 Å². The number of hydrogen-bond acceptors (Lipinski definition) is 4. The summed E-state index contributed by atoms with van der Waals surface area (Å²) in [6.45, 7) is 16.0. The summed E-state index contributed by atoms with van der Waals surface area (Å²) in [5, 5.41) is 4.19. The van der Waals surface area contributed by atoms with Crippen molar-refractivity contribution in [2.45, 2.75) is 70.0 Å². The molecule has 0 unspecified atom stereocenters. The van der Waals surface area contributed by atoms with Gasteiger partial charge in [-0.25, -0.2) is 0 Å². The predicted molar refractivity (Wildman–Crippen MR) is 158 cm³/mol. The molecule has 0 radical (unpaired) electrons. The first-order valence-electron chi connectivity index (χ1n) is 14.5. The van der Waals surface area contributed by atoms with E-state index < -0.39 is 11.7 Å². The van der Waals surface area contributed by atoms with Gasteiger partial charge in [0, 0.05) is 34.4 Å². The van der Waals surface area contributed by atoms with Gasteiger partial charge < -0.3 is 20.0 Å². The van der Waals surface area contributed by atoms with Crippen LogP contribution in [0.3, 0.4) is 0 Å².